The largest absolute Gasteiger partial charge is 0.392 e. The molecule has 5 fully saturated rings. The van der Waals surface area contributed by atoms with Crippen molar-refractivity contribution in [3.8, 4) is 0 Å². The first-order chi connectivity index (χ1) is 12.9. The molecule has 11 atom stereocenters. The van der Waals surface area contributed by atoms with E-state index in [1.165, 1.54) is 11.3 Å². The first kappa shape index (κ1) is 17.0. The highest BCUT2D eigenvalue weighted by Crippen LogP contribution is 2.70. The van der Waals surface area contributed by atoms with Crippen LogP contribution >= 0.6 is 0 Å². The Kier molecular flexibility index (Phi) is 3.12. The SMILES string of the molecule is CC[C@H]1[C@@H]2C[C@H]3[C@H]4[C@]5(C[C@@H]([C@H]2[C@H]5O)N3[C@@H]1O)c1ccccc1[N+]4(C)C(C)C. The summed E-state index contributed by atoms with van der Waals surface area (Å²) < 4.78 is 0.893. The van der Waals surface area contributed by atoms with Crippen molar-refractivity contribution in [3.05, 3.63) is 29.8 Å². The standard InChI is InChI=1S/C23H33N2O2/c1-5-13-14-10-16-20-23(11-17(19(14)21(23)26)24(16)22(13)27)15-8-6-7-9-18(15)25(20,4)12(2)3/h6-9,12-14,16-17,19-22,26-27H,5,10-11H2,1-4H3/q+1/t13-,14-,16-,17-,19-,20-,21+,22+,23-,25?/m0/s1. The van der Waals surface area contributed by atoms with Crippen molar-refractivity contribution >= 4 is 5.69 Å². The van der Waals surface area contributed by atoms with Gasteiger partial charge in [-0.1, -0.05) is 25.1 Å². The molecule has 5 bridgehead atoms. The maximum absolute atomic E-state index is 11.9. The van der Waals surface area contributed by atoms with E-state index in [0.717, 1.165) is 23.7 Å². The first-order valence-corrected chi connectivity index (χ1v) is 11.0. The zero-order chi connectivity index (χ0) is 18.9. The maximum atomic E-state index is 11.9. The Morgan fingerprint density at radius 2 is 1.96 bits per heavy atom. The van der Waals surface area contributed by atoms with Crippen molar-refractivity contribution in [3.63, 3.8) is 0 Å². The summed E-state index contributed by atoms with van der Waals surface area (Å²) >= 11 is 0. The number of aliphatic hydroxyl groups is 2. The van der Waals surface area contributed by atoms with E-state index in [-0.39, 0.29) is 17.7 Å². The van der Waals surface area contributed by atoms with Crippen LogP contribution in [0.5, 0.6) is 0 Å². The lowest BCUT2D eigenvalue weighted by Gasteiger charge is -2.63. The first-order valence-electron chi connectivity index (χ1n) is 11.0. The molecule has 4 heteroatoms. The zero-order valence-electron chi connectivity index (χ0n) is 16.9. The second kappa shape index (κ2) is 4.96. The van der Waals surface area contributed by atoms with Gasteiger partial charge in [-0.15, -0.1) is 0 Å². The van der Waals surface area contributed by atoms with Crippen LogP contribution in [0.4, 0.5) is 5.69 Å². The number of rotatable bonds is 2. The minimum Gasteiger partial charge on any atom is -0.392 e. The monoisotopic (exact) mass is 369 g/mol. The lowest BCUT2D eigenvalue weighted by Crippen LogP contribution is -2.76. The Morgan fingerprint density at radius 1 is 1.22 bits per heavy atom. The van der Waals surface area contributed by atoms with Gasteiger partial charge in [-0.2, -0.15) is 0 Å². The molecule has 5 aliphatic heterocycles. The van der Waals surface area contributed by atoms with E-state index in [0.29, 0.717) is 41.9 Å². The van der Waals surface area contributed by atoms with Gasteiger partial charge in [0.15, 0.2) is 0 Å². The molecule has 2 N–H and O–H groups in total. The van der Waals surface area contributed by atoms with E-state index in [1.54, 1.807) is 0 Å². The Balaban J connectivity index is 1.63. The quantitative estimate of drug-likeness (QED) is 0.787. The van der Waals surface area contributed by atoms with Crippen LogP contribution in [0.1, 0.15) is 45.6 Å². The third-order valence-corrected chi connectivity index (χ3v) is 9.83. The molecule has 0 aromatic heterocycles. The molecule has 1 aliphatic carbocycles. The molecular formula is C23H33N2O2+. The number of hydrogen-bond donors (Lipinski definition) is 2. The molecule has 1 spiro atoms. The van der Waals surface area contributed by atoms with Crippen molar-refractivity contribution in [1.82, 2.24) is 9.38 Å². The van der Waals surface area contributed by atoms with Gasteiger partial charge >= 0.3 is 0 Å². The molecule has 2 unspecified atom stereocenters. The summed E-state index contributed by atoms with van der Waals surface area (Å²) in [6, 6.07) is 10.4. The van der Waals surface area contributed by atoms with E-state index in [9.17, 15) is 10.2 Å². The Morgan fingerprint density at radius 3 is 2.67 bits per heavy atom. The molecule has 5 heterocycles. The predicted octanol–water partition coefficient (Wildman–Crippen LogP) is 2.46. The van der Waals surface area contributed by atoms with E-state index >= 15 is 0 Å². The summed E-state index contributed by atoms with van der Waals surface area (Å²) in [4.78, 5) is 2.47. The molecule has 4 saturated heterocycles. The number of fused-ring (bicyclic) bond motifs is 2. The van der Waals surface area contributed by atoms with E-state index in [2.05, 4.69) is 57.0 Å². The molecular weight excluding hydrogens is 336 g/mol. The van der Waals surface area contributed by atoms with Gasteiger partial charge in [0.25, 0.3) is 0 Å². The van der Waals surface area contributed by atoms with Crippen molar-refractivity contribution in [2.45, 2.75) is 81.9 Å². The number of aliphatic hydroxyl groups excluding tert-OH is 2. The van der Waals surface area contributed by atoms with Gasteiger partial charge in [-0.3, -0.25) is 9.38 Å². The lowest BCUT2D eigenvalue weighted by molar-refractivity contribution is -0.218. The Hall–Kier alpha value is -0.940. The molecule has 1 saturated carbocycles. The number of quaternary nitrogens is 1. The van der Waals surface area contributed by atoms with E-state index in [4.69, 9.17) is 0 Å². The lowest BCUT2D eigenvalue weighted by atomic mass is 9.62. The zero-order valence-corrected chi connectivity index (χ0v) is 16.9. The third-order valence-electron chi connectivity index (χ3n) is 9.83. The van der Waals surface area contributed by atoms with Crippen molar-refractivity contribution < 1.29 is 10.2 Å². The molecule has 1 aromatic carbocycles. The van der Waals surface area contributed by atoms with Gasteiger partial charge in [0.05, 0.1) is 30.7 Å². The fourth-order valence-corrected chi connectivity index (χ4v) is 8.82. The summed E-state index contributed by atoms with van der Waals surface area (Å²) in [5.41, 5.74) is 2.67. The summed E-state index contributed by atoms with van der Waals surface area (Å²) in [6.45, 7) is 6.86. The second-order valence-electron chi connectivity index (χ2n) is 10.4. The molecule has 1 aromatic rings. The van der Waals surface area contributed by atoms with Crippen molar-refractivity contribution in [2.24, 2.45) is 17.8 Å². The van der Waals surface area contributed by atoms with Crippen LogP contribution in [0, 0.1) is 17.8 Å². The minimum absolute atomic E-state index is 0.136. The van der Waals surface area contributed by atoms with Gasteiger partial charge in [-0.25, -0.2) is 0 Å². The Labute approximate surface area is 162 Å². The van der Waals surface area contributed by atoms with Gasteiger partial charge < -0.3 is 10.2 Å². The van der Waals surface area contributed by atoms with Crippen LogP contribution in [0.25, 0.3) is 0 Å². The summed E-state index contributed by atoms with van der Waals surface area (Å²) in [5, 5.41) is 23.2. The Bertz CT molecular complexity index is 811. The van der Waals surface area contributed by atoms with Crippen LogP contribution in [-0.2, 0) is 5.41 Å². The highest BCUT2D eigenvalue weighted by molar-refractivity contribution is 5.65. The highest BCUT2D eigenvalue weighted by atomic mass is 16.3. The van der Waals surface area contributed by atoms with Gasteiger partial charge in [0.1, 0.15) is 18.0 Å². The fourth-order valence-electron chi connectivity index (χ4n) is 8.82. The minimum atomic E-state index is -0.326. The maximum Gasteiger partial charge on any atom is 0.137 e. The number of para-hydroxylation sites is 1. The predicted molar refractivity (Wildman–Crippen MR) is 106 cm³/mol. The van der Waals surface area contributed by atoms with Crippen molar-refractivity contribution in [1.29, 1.82) is 0 Å². The number of likely N-dealkylation sites (N-methyl/N-ethyl adjacent to an activating group) is 1. The van der Waals surface area contributed by atoms with Crippen LogP contribution in [-0.4, -0.2) is 58.7 Å². The van der Waals surface area contributed by atoms with E-state index in [1.807, 2.05) is 0 Å². The molecule has 27 heavy (non-hydrogen) atoms. The summed E-state index contributed by atoms with van der Waals surface area (Å²) in [6.07, 6.45) is 2.56. The van der Waals surface area contributed by atoms with Crippen molar-refractivity contribution in [2.75, 3.05) is 7.05 Å². The number of nitrogens with zero attached hydrogens (tertiary/aromatic N) is 2. The summed E-state index contributed by atoms with van der Waals surface area (Å²) in [5.74, 6) is 1.11. The third kappa shape index (κ3) is 1.54. The van der Waals surface area contributed by atoms with Crippen LogP contribution < -0.4 is 4.48 Å². The van der Waals surface area contributed by atoms with Crippen LogP contribution in [0.15, 0.2) is 24.3 Å². The summed E-state index contributed by atoms with van der Waals surface area (Å²) in [7, 11) is 2.39. The molecule has 0 radical (unpaired) electrons. The molecule has 4 nitrogen and oxygen atoms in total. The number of hydrogen-bond acceptors (Lipinski definition) is 3. The smallest absolute Gasteiger partial charge is 0.137 e. The number of piperidine rings is 4. The molecule has 6 aliphatic rings. The normalized spacial score (nSPS) is 56.6. The highest BCUT2D eigenvalue weighted by Gasteiger charge is 2.80. The van der Waals surface area contributed by atoms with Crippen LogP contribution in [0.2, 0.25) is 0 Å². The molecule has 7 rings (SSSR count). The van der Waals surface area contributed by atoms with Gasteiger partial charge in [0, 0.05) is 23.4 Å². The topological polar surface area (TPSA) is 43.7 Å². The van der Waals surface area contributed by atoms with E-state index < -0.39 is 0 Å². The fraction of sp³-hybridized carbons (Fsp3) is 0.739. The molecule has 0 amide bonds. The average Bonchev–Trinajstić information content (AvgIpc) is 3.02. The molecule has 146 valence electrons. The van der Waals surface area contributed by atoms with Crippen LogP contribution in [0.3, 0.4) is 0 Å². The van der Waals surface area contributed by atoms with Gasteiger partial charge in [-0.05, 0) is 45.1 Å². The average molecular weight is 370 g/mol. The second-order valence-corrected chi connectivity index (χ2v) is 10.4. The van der Waals surface area contributed by atoms with Gasteiger partial charge in [0.2, 0.25) is 0 Å². The number of benzene rings is 1.